The molecule has 3 aromatic carbocycles. The molecule has 196 valence electrons. The largest absolute Gasteiger partial charge is 0.490 e. The fourth-order valence-corrected chi connectivity index (χ4v) is 4.82. The van der Waals surface area contributed by atoms with E-state index in [2.05, 4.69) is 5.32 Å². The van der Waals surface area contributed by atoms with Crippen LogP contribution >= 0.6 is 11.8 Å². The van der Waals surface area contributed by atoms with Crippen molar-refractivity contribution in [2.75, 3.05) is 18.5 Å². The summed E-state index contributed by atoms with van der Waals surface area (Å²) in [6.07, 6.45) is 1.67. The van der Waals surface area contributed by atoms with Crippen molar-refractivity contribution in [1.82, 2.24) is 4.90 Å². The molecular weight excluding hydrogens is 500 g/mol. The van der Waals surface area contributed by atoms with Gasteiger partial charge in [-0.2, -0.15) is 0 Å². The zero-order valence-electron chi connectivity index (χ0n) is 21.9. The van der Waals surface area contributed by atoms with E-state index < -0.39 is 0 Å². The summed E-state index contributed by atoms with van der Waals surface area (Å²) in [5.74, 6) is 0.239. The summed E-state index contributed by atoms with van der Waals surface area (Å²) >= 11 is 0.914. The average Bonchev–Trinajstić information content (AvgIpc) is 3.13. The fraction of sp³-hybridized carbons (Fsp3) is 0.233. The standard InChI is InChI=1S/C30H30N2O5S/c1-5-36-26-15-22(11-12-25(26)37-18-28(33)31-24-14-20(3)9-10-21(24)4)16-27-29(34)32(30(35)38-27)17-23-8-6-7-19(2)13-23/h6-16H,5,17-18H2,1-4H3,(H,31,33)/b27-16-. The normalized spacial score (nSPS) is 14.2. The van der Waals surface area contributed by atoms with E-state index in [0.717, 1.165) is 39.7 Å². The summed E-state index contributed by atoms with van der Waals surface area (Å²) in [6, 6.07) is 18.8. The lowest BCUT2D eigenvalue weighted by Gasteiger charge is -2.14. The number of aryl methyl sites for hydroxylation is 3. The number of rotatable bonds is 9. The minimum absolute atomic E-state index is 0.190. The summed E-state index contributed by atoms with van der Waals surface area (Å²) < 4.78 is 11.5. The van der Waals surface area contributed by atoms with Crippen LogP contribution in [0.5, 0.6) is 11.5 Å². The van der Waals surface area contributed by atoms with Gasteiger partial charge in [0.2, 0.25) is 0 Å². The lowest BCUT2D eigenvalue weighted by atomic mass is 10.1. The third-order valence-electron chi connectivity index (χ3n) is 5.89. The number of ether oxygens (including phenoxy) is 2. The van der Waals surface area contributed by atoms with E-state index in [1.807, 2.05) is 70.2 Å². The molecule has 0 aliphatic carbocycles. The number of amides is 3. The van der Waals surface area contributed by atoms with Crippen molar-refractivity contribution in [2.45, 2.75) is 34.2 Å². The number of hydrogen-bond donors (Lipinski definition) is 1. The number of nitrogens with zero attached hydrogens (tertiary/aromatic N) is 1. The molecular formula is C30H30N2O5S. The molecule has 1 aliphatic rings. The highest BCUT2D eigenvalue weighted by Crippen LogP contribution is 2.35. The van der Waals surface area contributed by atoms with Crippen molar-refractivity contribution >= 4 is 40.6 Å². The van der Waals surface area contributed by atoms with Crippen LogP contribution in [0, 0.1) is 20.8 Å². The number of hydrogen-bond acceptors (Lipinski definition) is 6. The third kappa shape index (κ3) is 6.63. The molecule has 0 atom stereocenters. The molecule has 0 radical (unpaired) electrons. The van der Waals surface area contributed by atoms with Gasteiger partial charge in [0.25, 0.3) is 17.1 Å². The summed E-state index contributed by atoms with van der Waals surface area (Å²) in [5, 5.41) is 2.57. The Morgan fingerprint density at radius 2 is 1.74 bits per heavy atom. The molecule has 0 spiro atoms. The smallest absolute Gasteiger partial charge is 0.293 e. The number of carbonyl (C=O) groups is 3. The molecule has 3 amide bonds. The molecule has 4 rings (SSSR count). The van der Waals surface area contributed by atoms with E-state index in [1.54, 1.807) is 24.3 Å². The van der Waals surface area contributed by atoms with E-state index in [0.29, 0.717) is 28.6 Å². The van der Waals surface area contributed by atoms with Crippen molar-refractivity contribution in [1.29, 1.82) is 0 Å². The fourth-order valence-electron chi connectivity index (χ4n) is 3.98. The molecule has 1 saturated heterocycles. The third-order valence-corrected chi connectivity index (χ3v) is 6.80. The predicted molar refractivity (Wildman–Crippen MR) is 150 cm³/mol. The molecule has 38 heavy (non-hydrogen) atoms. The van der Waals surface area contributed by atoms with E-state index in [9.17, 15) is 14.4 Å². The molecule has 1 N–H and O–H groups in total. The minimum atomic E-state index is -0.331. The van der Waals surface area contributed by atoms with Gasteiger partial charge in [-0.25, -0.2) is 0 Å². The second-order valence-corrected chi connectivity index (χ2v) is 10.0. The first-order valence-electron chi connectivity index (χ1n) is 12.3. The molecule has 1 aliphatic heterocycles. The Hall–Kier alpha value is -4.04. The van der Waals surface area contributed by atoms with Crippen molar-refractivity contribution in [3.63, 3.8) is 0 Å². The summed E-state index contributed by atoms with van der Waals surface area (Å²) in [4.78, 5) is 39.6. The second kappa shape index (κ2) is 12.0. The van der Waals surface area contributed by atoms with Crippen LogP contribution in [0.15, 0.2) is 65.6 Å². The lowest BCUT2D eigenvalue weighted by molar-refractivity contribution is -0.123. The van der Waals surface area contributed by atoms with E-state index >= 15 is 0 Å². The first-order chi connectivity index (χ1) is 18.2. The molecule has 0 bridgehead atoms. The number of thioether (sulfide) groups is 1. The van der Waals surface area contributed by atoms with Gasteiger partial charge in [-0.3, -0.25) is 19.3 Å². The number of benzene rings is 3. The molecule has 0 saturated carbocycles. The maximum absolute atomic E-state index is 13.0. The second-order valence-electron chi connectivity index (χ2n) is 9.05. The minimum Gasteiger partial charge on any atom is -0.490 e. The van der Waals surface area contributed by atoms with Gasteiger partial charge >= 0.3 is 0 Å². The Balaban J connectivity index is 1.45. The Kier molecular flexibility index (Phi) is 8.53. The lowest BCUT2D eigenvalue weighted by Crippen LogP contribution is -2.27. The van der Waals surface area contributed by atoms with Crippen molar-refractivity contribution in [3.8, 4) is 11.5 Å². The summed E-state index contributed by atoms with van der Waals surface area (Å²) in [5.41, 5.74) is 5.41. The SMILES string of the molecule is CCOc1cc(/C=C2\SC(=O)N(Cc3cccc(C)c3)C2=O)ccc1OCC(=O)Nc1cc(C)ccc1C. The Morgan fingerprint density at radius 3 is 2.50 bits per heavy atom. The van der Waals surface area contributed by atoms with Gasteiger partial charge in [0.05, 0.1) is 18.1 Å². The zero-order valence-corrected chi connectivity index (χ0v) is 22.7. The van der Waals surface area contributed by atoms with Crippen molar-refractivity contribution in [2.24, 2.45) is 0 Å². The van der Waals surface area contributed by atoms with E-state index in [4.69, 9.17) is 9.47 Å². The first-order valence-corrected chi connectivity index (χ1v) is 13.1. The van der Waals surface area contributed by atoms with Gasteiger partial charge in [-0.1, -0.05) is 48.0 Å². The van der Waals surface area contributed by atoms with Crippen LogP contribution in [-0.4, -0.2) is 35.2 Å². The van der Waals surface area contributed by atoms with Crippen LogP contribution in [0.1, 0.15) is 34.7 Å². The number of nitrogens with one attached hydrogen (secondary N) is 1. The molecule has 1 fully saturated rings. The molecule has 0 unspecified atom stereocenters. The molecule has 3 aromatic rings. The van der Waals surface area contributed by atoms with E-state index in [1.165, 1.54) is 4.90 Å². The van der Waals surface area contributed by atoms with Gasteiger partial charge < -0.3 is 14.8 Å². The molecule has 8 heteroatoms. The molecule has 0 aromatic heterocycles. The van der Waals surface area contributed by atoms with Gasteiger partial charge in [0.15, 0.2) is 18.1 Å². The Morgan fingerprint density at radius 1 is 0.947 bits per heavy atom. The predicted octanol–water partition coefficient (Wildman–Crippen LogP) is 6.26. The van der Waals surface area contributed by atoms with Gasteiger partial charge in [0, 0.05) is 5.69 Å². The average molecular weight is 531 g/mol. The quantitative estimate of drug-likeness (QED) is 0.329. The van der Waals surface area contributed by atoms with Crippen LogP contribution in [0.3, 0.4) is 0 Å². The van der Waals surface area contributed by atoms with Crippen LogP contribution < -0.4 is 14.8 Å². The van der Waals surface area contributed by atoms with E-state index in [-0.39, 0.29) is 30.2 Å². The maximum atomic E-state index is 13.0. The van der Waals surface area contributed by atoms with Crippen LogP contribution in [-0.2, 0) is 16.1 Å². The summed E-state index contributed by atoms with van der Waals surface area (Å²) in [7, 11) is 0. The number of anilines is 1. The number of carbonyl (C=O) groups excluding carboxylic acids is 3. The Bertz CT molecular complexity index is 1420. The topological polar surface area (TPSA) is 84.9 Å². The summed E-state index contributed by atoms with van der Waals surface area (Å²) in [6.45, 7) is 8.14. The highest BCUT2D eigenvalue weighted by molar-refractivity contribution is 8.18. The van der Waals surface area contributed by atoms with Gasteiger partial charge in [0.1, 0.15) is 0 Å². The first kappa shape index (κ1) is 27.0. The van der Waals surface area contributed by atoms with Gasteiger partial charge in [-0.05, 0) is 86.0 Å². The number of imide groups is 1. The molecule has 7 nitrogen and oxygen atoms in total. The van der Waals surface area contributed by atoms with Crippen LogP contribution in [0.2, 0.25) is 0 Å². The van der Waals surface area contributed by atoms with Crippen LogP contribution in [0.4, 0.5) is 10.5 Å². The highest BCUT2D eigenvalue weighted by atomic mass is 32.2. The van der Waals surface area contributed by atoms with Crippen LogP contribution in [0.25, 0.3) is 6.08 Å². The zero-order chi connectivity index (χ0) is 27.2. The monoisotopic (exact) mass is 530 g/mol. The van der Waals surface area contributed by atoms with Gasteiger partial charge in [-0.15, -0.1) is 0 Å². The highest BCUT2D eigenvalue weighted by Gasteiger charge is 2.35. The van der Waals surface area contributed by atoms with Crippen molar-refractivity contribution in [3.05, 3.63) is 93.4 Å². The molecule has 1 heterocycles. The van der Waals surface area contributed by atoms with Crippen molar-refractivity contribution < 1.29 is 23.9 Å². The maximum Gasteiger partial charge on any atom is 0.293 e. The Labute approximate surface area is 226 Å².